The van der Waals surface area contributed by atoms with Crippen LogP contribution in [-0.4, -0.2) is 26.5 Å². The molecule has 3 nitrogen and oxygen atoms in total. The van der Waals surface area contributed by atoms with Crippen molar-refractivity contribution >= 4 is 21.4 Å². The molecule has 0 atom stereocenters. The molecule has 0 aliphatic carbocycles. The van der Waals surface area contributed by atoms with Crippen molar-refractivity contribution in [3.05, 3.63) is 11.6 Å². The van der Waals surface area contributed by atoms with Crippen molar-refractivity contribution < 1.29 is 8.42 Å². The highest BCUT2D eigenvalue weighted by atomic mass is 35.5. The fourth-order valence-electron chi connectivity index (χ4n) is 0.570. The summed E-state index contributed by atoms with van der Waals surface area (Å²) in [6.07, 6.45) is 1.92. The molecule has 5 heteroatoms. The average Bonchev–Trinajstić information content (AvgIpc) is 1.97. The predicted molar refractivity (Wildman–Crippen MR) is 47.3 cm³/mol. The van der Waals surface area contributed by atoms with Gasteiger partial charge in [-0.1, -0.05) is 17.7 Å². The first kappa shape index (κ1) is 10.9. The van der Waals surface area contributed by atoms with Crippen LogP contribution < -0.4 is 5.73 Å². The van der Waals surface area contributed by atoms with Crippen LogP contribution >= 0.6 is 11.6 Å². The summed E-state index contributed by atoms with van der Waals surface area (Å²) < 4.78 is 22.0. The molecule has 0 saturated heterocycles. The molecule has 0 rings (SSSR count). The highest BCUT2D eigenvalue weighted by Gasteiger charge is 2.06. The Bertz CT molecular complexity index is 211. The number of hydrogen-bond donors (Lipinski definition) is 1. The minimum atomic E-state index is -2.96. The summed E-state index contributed by atoms with van der Waals surface area (Å²) >= 11 is 5.17. The molecule has 0 amide bonds. The third-order valence-corrected chi connectivity index (χ3v) is 2.89. The summed E-state index contributed by atoms with van der Waals surface area (Å²) in [4.78, 5) is 0. The second-order valence-corrected chi connectivity index (χ2v) is 4.60. The van der Waals surface area contributed by atoms with E-state index >= 15 is 0 Å². The maximum absolute atomic E-state index is 11.0. The van der Waals surface area contributed by atoms with E-state index in [1.165, 1.54) is 11.6 Å². The molecule has 0 aromatic rings. The Morgan fingerprint density at radius 2 is 2.09 bits per heavy atom. The molecule has 0 fully saturated rings. The quantitative estimate of drug-likeness (QED) is 0.699. The molecule has 66 valence electrons. The zero-order chi connectivity index (χ0) is 8.74. The second kappa shape index (κ2) is 5.57. The Morgan fingerprint density at radius 3 is 2.55 bits per heavy atom. The van der Waals surface area contributed by atoms with Gasteiger partial charge in [0.1, 0.15) is 0 Å². The van der Waals surface area contributed by atoms with E-state index in [1.54, 1.807) is 0 Å². The molecule has 0 saturated carbocycles. The number of nitrogens with two attached hydrogens (primary N) is 1. The lowest BCUT2D eigenvalue weighted by atomic mass is 10.5. The van der Waals surface area contributed by atoms with Crippen LogP contribution in [0.2, 0.25) is 0 Å². The molecule has 0 unspecified atom stereocenters. The lowest BCUT2D eigenvalue weighted by Crippen LogP contribution is -2.13. The average molecular weight is 198 g/mol. The molecular formula is C6H12ClNO2S. The lowest BCUT2D eigenvalue weighted by molar-refractivity contribution is 0.596. The number of hydrogen-bond acceptors (Lipinski definition) is 3. The molecule has 0 spiro atoms. The summed E-state index contributed by atoms with van der Waals surface area (Å²) in [5, 5.41) is 0. The van der Waals surface area contributed by atoms with Gasteiger partial charge in [-0.25, -0.2) is 8.42 Å². The van der Waals surface area contributed by atoms with E-state index in [9.17, 15) is 8.42 Å². The predicted octanol–water partition coefficient (Wildman–Crippen LogP) is 0.503. The summed E-state index contributed by atoms with van der Waals surface area (Å²) in [6.45, 7) is 0.407. The maximum atomic E-state index is 11.0. The molecule has 0 bridgehead atoms. The van der Waals surface area contributed by atoms with Crippen LogP contribution in [0.15, 0.2) is 11.6 Å². The van der Waals surface area contributed by atoms with Crippen molar-refractivity contribution in [3.8, 4) is 0 Å². The molecule has 2 N–H and O–H groups in total. The monoisotopic (exact) mass is 197 g/mol. The first-order chi connectivity index (χ1) is 5.12. The Balaban J connectivity index is 3.82. The van der Waals surface area contributed by atoms with Crippen molar-refractivity contribution in [1.29, 1.82) is 0 Å². The lowest BCUT2D eigenvalue weighted by Gasteiger charge is -1.97. The van der Waals surface area contributed by atoms with Crippen LogP contribution in [0.4, 0.5) is 0 Å². The van der Waals surface area contributed by atoms with Crippen molar-refractivity contribution in [2.75, 3.05) is 18.1 Å². The maximum Gasteiger partial charge on any atom is 0.153 e. The van der Waals surface area contributed by atoms with Crippen LogP contribution in [-0.2, 0) is 9.84 Å². The number of sulfone groups is 1. The second-order valence-electron chi connectivity index (χ2n) is 2.12. The van der Waals surface area contributed by atoms with Gasteiger partial charge >= 0.3 is 0 Å². The number of halogens is 1. The largest absolute Gasteiger partial charge is 0.330 e. The standard InChI is InChI=1S/C6H12ClNO2S/c7-3-1-5-11(9,10)6-2-4-8/h1,3H,2,4-6,8H2. The Labute approximate surface area is 72.1 Å². The Hall–Kier alpha value is -0.0600. The van der Waals surface area contributed by atoms with E-state index in [-0.39, 0.29) is 11.5 Å². The summed E-state index contributed by atoms with van der Waals surface area (Å²) in [5.41, 5.74) is 6.36. The van der Waals surface area contributed by atoms with Gasteiger partial charge in [0.2, 0.25) is 0 Å². The van der Waals surface area contributed by atoms with Crippen LogP contribution in [0.5, 0.6) is 0 Å². The third-order valence-electron chi connectivity index (χ3n) is 1.10. The number of rotatable bonds is 5. The Kier molecular flexibility index (Phi) is 5.54. The highest BCUT2D eigenvalue weighted by Crippen LogP contribution is 1.94. The van der Waals surface area contributed by atoms with Crippen molar-refractivity contribution in [2.24, 2.45) is 5.73 Å². The smallest absolute Gasteiger partial charge is 0.153 e. The van der Waals surface area contributed by atoms with Gasteiger partial charge in [0.25, 0.3) is 0 Å². The van der Waals surface area contributed by atoms with Gasteiger partial charge in [-0.3, -0.25) is 0 Å². The zero-order valence-corrected chi connectivity index (χ0v) is 7.74. The van der Waals surface area contributed by atoms with E-state index in [2.05, 4.69) is 0 Å². The SMILES string of the molecule is NCCCS(=O)(=O)CC=CCl. The van der Waals surface area contributed by atoms with Gasteiger partial charge in [-0.15, -0.1) is 0 Å². The van der Waals surface area contributed by atoms with E-state index < -0.39 is 9.84 Å². The molecular weight excluding hydrogens is 186 g/mol. The highest BCUT2D eigenvalue weighted by molar-refractivity contribution is 7.91. The van der Waals surface area contributed by atoms with Crippen molar-refractivity contribution in [1.82, 2.24) is 0 Å². The minimum absolute atomic E-state index is 0.0104. The molecule has 0 aliphatic rings. The molecule has 0 aromatic heterocycles. The normalized spacial score (nSPS) is 12.5. The fourth-order valence-corrected chi connectivity index (χ4v) is 1.93. The summed E-state index contributed by atoms with van der Waals surface area (Å²) in [5.74, 6) is 0.154. The Morgan fingerprint density at radius 1 is 1.45 bits per heavy atom. The van der Waals surface area contributed by atoms with Gasteiger partial charge in [-0.05, 0) is 13.0 Å². The first-order valence-corrected chi connectivity index (χ1v) is 5.54. The van der Waals surface area contributed by atoms with Crippen molar-refractivity contribution in [2.45, 2.75) is 6.42 Å². The van der Waals surface area contributed by atoms with Crippen molar-refractivity contribution in [3.63, 3.8) is 0 Å². The van der Waals surface area contributed by atoms with Gasteiger partial charge in [0, 0.05) is 5.54 Å². The minimum Gasteiger partial charge on any atom is -0.330 e. The molecule has 0 aliphatic heterocycles. The topological polar surface area (TPSA) is 60.2 Å². The first-order valence-electron chi connectivity index (χ1n) is 3.28. The van der Waals surface area contributed by atoms with E-state index in [1.807, 2.05) is 0 Å². The fraction of sp³-hybridized carbons (Fsp3) is 0.667. The van der Waals surface area contributed by atoms with Crippen LogP contribution in [0.25, 0.3) is 0 Å². The van der Waals surface area contributed by atoms with Crippen LogP contribution in [0.3, 0.4) is 0 Å². The molecule has 0 heterocycles. The molecule has 0 radical (unpaired) electrons. The van der Waals surface area contributed by atoms with Gasteiger partial charge < -0.3 is 5.73 Å². The summed E-state index contributed by atoms with van der Waals surface area (Å²) in [6, 6.07) is 0. The van der Waals surface area contributed by atoms with Gasteiger partial charge in [0.15, 0.2) is 9.84 Å². The molecule has 11 heavy (non-hydrogen) atoms. The van der Waals surface area contributed by atoms with Gasteiger partial charge in [-0.2, -0.15) is 0 Å². The van der Waals surface area contributed by atoms with Crippen LogP contribution in [0.1, 0.15) is 6.42 Å². The summed E-state index contributed by atoms with van der Waals surface area (Å²) in [7, 11) is -2.96. The van der Waals surface area contributed by atoms with E-state index in [4.69, 9.17) is 17.3 Å². The third kappa shape index (κ3) is 6.34. The molecule has 0 aromatic carbocycles. The van der Waals surface area contributed by atoms with Crippen LogP contribution in [0, 0.1) is 0 Å². The van der Waals surface area contributed by atoms with E-state index in [0.29, 0.717) is 13.0 Å². The zero-order valence-electron chi connectivity index (χ0n) is 6.16. The van der Waals surface area contributed by atoms with E-state index in [0.717, 1.165) is 0 Å². The van der Waals surface area contributed by atoms with Gasteiger partial charge in [0.05, 0.1) is 11.5 Å².